The molecule has 1 rings (SSSR count). The van der Waals surface area contributed by atoms with E-state index in [9.17, 15) is 0 Å². The molecule has 0 saturated heterocycles. The van der Waals surface area contributed by atoms with Crippen molar-refractivity contribution in [3.8, 4) is 5.75 Å². The van der Waals surface area contributed by atoms with Gasteiger partial charge in [-0.1, -0.05) is 0 Å². The Kier molecular flexibility index (Phi) is 6.36. The number of benzene rings is 1. The van der Waals surface area contributed by atoms with E-state index in [-0.39, 0.29) is 6.10 Å². The molecule has 0 aliphatic heterocycles. The van der Waals surface area contributed by atoms with Crippen LogP contribution in [0.5, 0.6) is 5.75 Å². The van der Waals surface area contributed by atoms with Gasteiger partial charge >= 0.3 is 0 Å². The summed E-state index contributed by atoms with van der Waals surface area (Å²) in [6, 6.07) is 5.77. The summed E-state index contributed by atoms with van der Waals surface area (Å²) in [5.74, 6) is 0.736. The van der Waals surface area contributed by atoms with Crippen molar-refractivity contribution < 1.29 is 9.47 Å². The fourth-order valence-electron chi connectivity index (χ4n) is 1.55. The van der Waals surface area contributed by atoms with E-state index in [1.54, 1.807) is 0 Å². The molecule has 0 heterocycles. The number of nitrogens with two attached hydrogens (primary N) is 1. The lowest BCUT2D eigenvalue weighted by Gasteiger charge is -2.14. The van der Waals surface area contributed by atoms with Gasteiger partial charge in [0.1, 0.15) is 5.75 Å². The van der Waals surface area contributed by atoms with Crippen molar-refractivity contribution in [2.24, 2.45) is 0 Å². The quantitative estimate of drug-likeness (QED) is 0.552. The van der Waals surface area contributed by atoms with E-state index < -0.39 is 0 Å². The van der Waals surface area contributed by atoms with Crippen LogP contribution in [0.2, 0.25) is 0 Å². The monoisotopic (exact) mass is 252 g/mol. The molecule has 4 heteroatoms. The highest BCUT2D eigenvalue weighted by atomic mass is 16.5. The average Bonchev–Trinajstić information content (AvgIpc) is 2.32. The van der Waals surface area contributed by atoms with Gasteiger partial charge in [-0.15, -0.1) is 0 Å². The van der Waals surface area contributed by atoms with E-state index in [2.05, 4.69) is 5.32 Å². The van der Waals surface area contributed by atoms with Crippen LogP contribution in [0.4, 0.5) is 11.4 Å². The maximum absolute atomic E-state index is 5.86. The Hall–Kier alpha value is -1.42. The Morgan fingerprint density at radius 2 is 2.11 bits per heavy atom. The van der Waals surface area contributed by atoms with Crippen LogP contribution in [-0.2, 0) is 4.74 Å². The van der Waals surface area contributed by atoms with Crippen LogP contribution in [0.25, 0.3) is 0 Å². The molecule has 0 saturated carbocycles. The summed E-state index contributed by atoms with van der Waals surface area (Å²) in [6.07, 6.45) is 1.11. The fourth-order valence-corrected chi connectivity index (χ4v) is 1.55. The highest BCUT2D eigenvalue weighted by Gasteiger charge is 2.04. The summed E-state index contributed by atoms with van der Waals surface area (Å²) in [5.41, 5.74) is 7.55. The summed E-state index contributed by atoms with van der Waals surface area (Å²) >= 11 is 0. The van der Waals surface area contributed by atoms with Crippen LogP contribution in [0, 0.1) is 0 Å². The molecule has 0 radical (unpaired) electrons. The largest absolute Gasteiger partial charge is 0.489 e. The fraction of sp³-hybridized carbons (Fsp3) is 0.571. The smallest absolute Gasteiger partial charge is 0.144 e. The van der Waals surface area contributed by atoms with Crippen molar-refractivity contribution in [2.75, 3.05) is 30.8 Å². The van der Waals surface area contributed by atoms with Crippen molar-refractivity contribution in [2.45, 2.75) is 33.3 Å². The van der Waals surface area contributed by atoms with Gasteiger partial charge in [0.2, 0.25) is 0 Å². The molecule has 0 bridgehead atoms. The highest BCUT2D eigenvalue weighted by molar-refractivity contribution is 5.61. The maximum atomic E-state index is 5.86. The summed E-state index contributed by atoms with van der Waals surface area (Å²) in [5, 5.41) is 3.33. The summed E-state index contributed by atoms with van der Waals surface area (Å²) in [7, 11) is 0. The van der Waals surface area contributed by atoms with Gasteiger partial charge in [0, 0.05) is 31.5 Å². The van der Waals surface area contributed by atoms with Crippen molar-refractivity contribution in [3.05, 3.63) is 18.2 Å². The number of ether oxygens (including phenoxy) is 2. The number of hydrogen-bond donors (Lipinski definition) is 2. The molecule has 0 spiro atoms. The van der Waals surface area contributed by atoms with Crippen LogP contribution < -0.4 is 15.8 Å². The van der Waals surface area contributed by atoms with Gasteiger partial charge in [-0.25, -0.2) is 0 Å². The van der Waals surface area contributed by atoms with E-state index in [0.717, 1.165) is 37.6 Å². The molecule has 3 N–H and O–H groups in total. The minimum atomic E-state index is 0.125. The highest BCUT2D eigenvalue weighted by Crippen LogP contribution is 2.26. The zero-order valence-corrected chi connectivity index (χ0v) is 11.5. The third-order valence-corrected chi connectivity index (χ3v) is 2.37. The molecule has 0 amide bonds. The molecule has 0 aromatic heterocycles. The van der Waals surface area contributed by atoms with Crippen LogP contribution >= 0.6 is 0 Å². The van der Waals surface area contributed by atoms with Crippen molar-refractivity contribution in [3.63, 3.8) is 0 Å². The number of hydrogen-bond acceptors (Lipinski definition) is 4. The molecule has 0 unspecified atom stereocenters. The van der Waals surface area contributed by atoms with Crippen molar-refractivity contribution in [1.82, 2.24) is 0 Å². The Balaban J connectivity index is 2.46. The lowest BCUT2D eigenvalue weighted by molar-refractivity contribution is 0.147. The number of nitrogen functional groups attached to an aromatic ring is 1. The van der Waals surface area contributed by atoms with E-state index in [4.69, 9.17) is 15.2 Å². The molecule has 1 aromatic rings. The minimum absolute atomic E-state index is 0.125. The van der Waals surface area contributed by atoms with Crippen molar-refractivity contribution in [1.29, 1.82) is 0 Å². The molecular formula is C14H24N2O2. The normalized spacial score (nSPS) is 10.7. The first-order valence-electron chi connectivity index (χ1n) is 6.51. The van der Waals surface area contributed by atoms with E-state index in [0.29, 0.717) is 5.69 Å². The summed E-state index contributed by atoms with van der Waals surface area (Å²) < 4.78 is 10.9. The maximum Gasteiger partial charge on any atom is 0.144 e. The van der Waals surface area contributed by atoms with Gasteiger partial charge < -0.3 is 20.5 Å². The Labute approximate surface area is 109 Å². The van der Waals surface area contributed by atoms with Crippen LogP contribution in [0.15, 0.2) is 18.2 Å². The topological polar surface area (TPSA) is 56.5 Å². The predicted octanol–water partition coefficient (Wildman–Crippen LogP) is 2.89. The first-order chi connectivity index (χ1) is 8.63. The second kappa shape index (κ2) is 7.82. The van der Waals surface area contributed by atoms with Gasteiger partial charge in [0.15, 0.2) is 0 Å². The molecule has 4 nitrogen and oxygen atoms in total. The molecule has 18 heavy (non-hydrogen) atoms. The molecule has 0 atom stereocenters. The van der Waals surface area contributed by atoms with Gasteiger partial charge in [-0.3, -0.25) is 0 Å². The third-order valence-electron chi connectivity index (χ3n) is 2.37. The Morgan fingerprint density at radius 1 is 1.33 bits per heavy atom. The van der Waals surface area contributed by atoms with Gasteiger partial charge in [0.25, 0.3) is 0 Å². The molecule has 0 aliphatic rings. The predicted molar refractivity (Wildman–Crippen MR) is 76.2 cm³/mol. The SMILES string of the molecule is CCOCCCNc1ccc(N)c(OC(C)C)c1. The zero-order chi connectivity index (χ0) is 13.4. The first kappa shape index (κ1) is 14.6. The number of rotatable bonds is 8. The second-order valence-electron chi connectivity index (χ2n) is 4.40. The minimum Gasteiger partial charge on any atom is -0.489 e. The van der Waals surface area contributed by atoms with Crippen LogP contribution in [-0.4, -0.2) is 25.9 Å². The van der Waals surface area contributed by atoms with Gasteiger partial charge in [-0.2, -0.15) is 0 Å². The number of anilines is 2. The van der Waals surface area contributed by atoms with Crippen molar-refractivity contribution >= 4 is 11.4 Å². The zero-order valence-electron chi connectivity index (χ0n) is 11.5. The molecule has 0 fully saturated rings. The third kappa shape index (κ3) is 5.27. The molecule has 0 aliphatic carbocycles. The van der Waals surface area contributed by atoms with Gasteiger partial charge in [0.05, 0.1) is 11.8 Å². The summed E-state index contributed by atoms with van der Waals surface area (Å²) in [4.78, 5) is 0. The Bertz CT molecular complexity index is 354. The first-order valence-corrected chi connectivity index (χ1v) is 6.51. The molecular weight excluding hydrogens is 228 g/mol. The van der Waals surface area contributed by atoms with Crippen LogP contribution in [0.3, 0.4) is 0 Å². The Morgan fingerprint density at radius 3 is 2.78 bits per heavy atom. The standard InChI is InChI=1S/C14H24N2O2/c1-4-17-9-5-8-16-12-6-7-13(15)14(10-12)18-11(2)3/h6-7,10-11,16H,4-5,8-9,15H2,1-3H3. The molecule has 1 aromatic carbocycles. The van der Waals surface area contributed by atoms with Crippen LogP contribution in [0.1, 0.15) is 27.2 Å². The van der Waals surface area contributed by atoms with Gasteiger partial charge in [-0.05, 0) is 39.3 Å². The lowest BCUT2D eigenvalue weighted by Crippen LogP contribution is -2.09. The number of nitrogens with one attached hydrogen (secondary N) is 1. The van der Waals surface area contributed by atoms with E-state index >= 15 is 0 Å². The second-order valence-corrected chi connectivity index (χ2v) is 4.40. The lowest BCUT2D eigenvalue weighted by atomic mass is 10.2. The summed E-state index contributed by atoms with van der Waals surface area (Å²) in [6.45, 7) is 8.42. The van der Waals surface area contributed by atoms with E-state index in [1.165, 1.54) is 0 Å². The van der Waals surface area contributed by atoms with E-state index in [1.807, 2.05) is 39.0 Å². The average molecular weight is 252 g/mol. The molecule has 102 valence electrons.